The Labute approximate surface area is 118 Å². The van der Waals surface area contributed by atoms with Crippen LogP contribution in [0.2, 0.25) is 0 Å². The van der Waals surface area contributed by atoms with Crippen LogP contribution in [0.25, 0.3) is 0 Å². The maximum absolute atomic E-state index is 10.9. The maximum Gasteiger partial charge on any atom is 0.275 e. The van der Waals surface area contributed by atoms with Gasteiger partial charge in [0.25, 0.3) is 5.69 Å². The topological polar surface area (TPSA) is 76.4 Å². The standard InChI is InChI=1S/C14H21N3O3/c1-10(2)20-14-8-12(7-13(9-14)17(18)19)16-6-5-15-11-3-4-11/h7-11,15-16H,3-6H2,1-2H3. The van der Waals surface area contributed by atoms with Crippen molar-refractivity contribution in [2.75, 3.05) is 18.4 Å². The van der Waals surface area contributed by atoms with Crippen molar-refractivity contribution in [3.63, 3.8) is 0 Å². The fourth-order valence-electron chi connectivity index (χ4n) is 1.90. The molecule has 0 radical (unpaired) electrons. The zero-order valence-corrected chi connectivity index (χ0v) is 11.9. The highest BCUT2D eigenvalue weighted by Crippen LogP contribution is 2.26. The van der Waals surface area contributed by atoms with Crippen molar-refractivity contribution in [1.82, 2.24) is 5.32 Å². The molecule has 0 aromatic heterocycles. The molecule has 1 saturated carbocycles. The Morgan fingerprint density at radius 3 is 2.70 bits per heavy atom. The van der Waals surface area contributed by atoms with Crippen molar-refractivity contribution >= 4 is 11.4 Å². The van der Waals surface area contributed by atoms with Crippen LogP contribution in [0, 0.1) is 10.1 Å². The van der Waals surface area contributed by atoms with E-state index in [4.69, 9.17) is 4.74 Å². The van der Waals surface area contributed by atoms with Crippen molar-refractivity contribution < 1.29 is 9.66 Å². The van der Waals surface area contributed by atoms with Crippen molar-refractivity contribution in [3.8, 4) is 5.75 Å². The summed E-state index contributed by atoms with van der Waals surface area (Å²) in [5.74, 6) is 0.520. The first kappa shape index (κ1) is 14.6. The predicted molar refractivity (Wildman–Crippen MR) is 78.4 cm³/mol. The van der Waals surface area contributed by atoms with E-state index in [9.17, 15) is 10.1 Å². The van der Waals surface area contributed by atoms with Gasteiger partial charge in [0.05, 0.1) is 17.1 Å². The number of nitrogens with zero attached hydrogens (tertiary/aromatic N) is 1. The van der Waals surface area contributed by atoms with Gasteiger partial charge in [-0.25, -0.2) is 0 Å². The zero-order valence-electron chi connectivity index (χ0n) is 11.9. The average molecular weight is 279 g/mol. The lowest BCUT2D eigenvalue weighted by Gasteiger charge is -2.12. The largest absolute Gasteiger partial charge is 0.491 e. The lowest BCUT2D eigenvalue weighted by Crippen LogP contribution is -2.23. The molecule has 0 saturated heterocycles. The minimum Gasteiger partial charge on any atom is -0.491 e. The van der Waals surface area contributed by atoms with Gasteiger partial charge in [0, 0.05) is 37.0 Å². The summed E-state index contributed by atoms with van der Waals surface area (Å²) in [7, 11) is 0. The van der Waals surface area contributed by atoms with E-state index in [1.807, 2.05) is 13.8 Å². The molecule has 1 aliphatic rings. The first-order valence-electron chi connectivity index (χ1n) is 6.98. The number of ether oxygens (including phenoxy) is 1. The van der Waals surface area contributed by atoms with Gasteiger partial charge >= 0.3 is 0 Å². The van der Waals surface area contributed by atoms with Crippen LogP contribution in [0.15, 0.2) is 18.2 Å². The molecular weight excluding hydrogens is 258 g/mol. The summed E-state index contributed by atoms with van der Waals surface area (Å²) < 4.78 is 5.54. The molecule has 1 aromatic carbocycles. The van der Waals surface area contributed by atoms with E-state index in [0.717, 1.165) is 13.1 Å². The highest BCUT2D eigenvalue weighted by atomic mass is 16.6. The molecule has 2 rings (SSSR count). The zero-order chi connectivity index (χ0) is 14.5. The third-order valence-electron chi connectivity index (χ3n) is 2.94. The Bertz CT molecular complexity index is 473. The lowest BCUT2D eigenvalue weighted by atomic mass is 10.2. The summed E-state index contributed by atoms with van der Waals surface area (Å²) in [4.78, 5) is 10.5. The van der Waals surface area contributed by atoms with Crippen molar-refractivity contribution in [1.29, 1.82) is 0 Å². The molecule has 110 valence electrons. The van der Waals surface area contributed by atoms with Crippen LogP contribution in [0.3, 0.4) is 0 Å². The molecule has 1 aromatic rings. The van der Waals surface area contributed by atoms with E-state index in [2.05, 4.69) is 10.6 Å². The van der Waals surface area contributed by atoms with Crippen LogP contribution >= 0.6 is 0 Å². The first-order valence-corrected chi connectivity index (χ1v) is 6.98. The molecule has 2 N–H and O–H groups in total. The summed E-state index contributed by atoms with van der Waals surface area (Å²) in [5, 5.41) is 17.5. The molecule has 0 heterocycles. The van der Waals surface area contributed by atoms with Gasteiger partial charge in [0.1, 0.15) is 5.75 Å². The van der Waals surface area contributed by atoms with Crippen LogP contribution in [-0.2, 0) is 0 Å². The number of hydrogen-bond donors (Lipinski definition) is 2. The summed E-state index contributed by atoms with van der Waals surface area (Å²) in [6.07, 6.45) is 2.49. The number of rotatable bonds is 8. The highest BCUT2D eigenvalue weighted by molar-refractivity contribution is 5.56. The maximum atomic E-state index is 10.9. The SMILES string of the molecule is CC(C)Oc1cc(NCCNC2CC2)cc([N+](=O)[O-])c1. The van der Waals surface area contributed by atoms with Gasteiger partial charge < -0.3 is 15.4 Å². The fraction of sp³-hybridized carbons (Fsp3) is 0.571. The van der Waals surface area contributed by atoms with E-state index < -0.39 is 4.92 Å². The Morgan fingerprint density at radius 2 is 2.10 bits per heavy atom. The van der Waals surface area contributed by atoms with E-state index in [0.29, 0.717) is 17.5 Å². The number of nitro groups is 1. The summed E-state index contributed by atoms with van der Waals surface area (Å²) >= 11 is 0. The monoisotopic (exact) mass is 279 g/mol. The third kappa shape index (κ3) is 4.70. The number of non-ortho nitro benzene ring substituents is 1. The molecule has 0 aliphatic heterocycles. The van der Waals surface area contributed by atoms with Crippen molar-refractivity contribution in [3.05, 3.63) is 28.3 Å². The van der Waals surface area contributed by atoms with Crippen LogP contribution in [0.4, 0.5) is 11.4 Å². The Hall–Kier alpha value is -1.82. The fourth-order valence-corrected chi connectivity index (χ4v) is 1.90. The molecule has 6 nitrogen and oxygen atoms in total. The molecule has 0 spiro atoms. The van der Waals surface area contributed by atoms with E-state index in [1.165, 1.54) is 25.0 Å². The predicted octanol–water partition coefficient (Wildman–Crippen LogP) is 2.55. The van der Waals surface area contributed by atoms with Gasteiger partial charge in [-0.2, -0.15) is 0 Å². The van der Waals surface area contributed by atoms with Gasteiger partial charge in [-0.05, 0) is 26.7 Å². The van der Waals surface area contributed by atoms with Gasteiger partial charge in [0.2, 0.25) is 0 Å². The summed E-state index contributed by atoms with van der Waals surface area (Å²) in [5.41, 5.74) is 0.758. The van der Waals surface area contributed by atoms with Crippen LogP contribution in [0.1, 0.15) is 26.7 Å². The molecule has 1 fully saturated rings. The molecule has 1 aliphatic carbocycles. The second kappa shape index (κ2) is 6.56. The highest BCUT2D eigenvalue weighted by Gasteiger charge is 2.19. The summed E-state index contributed by atoms with van der Waals surface area (Å²) in [6.45, 7) is 5.38. The van der Waals surface area contributed by atoms with Gasteiger partial charge in [-0.1, -0.05) is 0 Å². The quantitative estimate of drug-likeness (QED) is 0.434. The van der Waals surface area contributed by atoms with Gasteiger partial charge in [-0.15, -0.1) is 0 Å². The summed E-state index contributed by atoms with van der Waals surface area (Å²) in [6, 6.07) is 5.45. The van der Waals surface area contributed by atoms with Gasteiger partial charge in [0.15, 0.2) is 0 Å². The van der Waals surface area contributed by atoms with Crippen LogP contribution in [-0.4, -0.2) is 30.2 Å². The average Bonchev–Trinajstić information content (AvgIpc) is 3.17. The number of nitro benzene ring substituents is 1. The molecule has 0 bridgehead atoms. The Balaban J connectivity index is 1.97. The Kier molecular flexibility index (Phi) is 4.79. The molecule has 0 amide bonds. The van der Waals surface area contributed by atoms with Crippen molar-refractivity contribution in [2.45, 2.75) is 38.8 Å². The molecule has 20 heavy (non-hydrogen) atoms. The minimum absolute atomic E-state index is 0.0126. The smallest absolute Gasteiger partial charge is 0.275 e. The van der Waals surface area contributed by atoms with E-state index in [1.54, 1.807) is 6.07 Å². The minimum atomic E-state index is -0.402. The molecule has 0 unspecified atom stereocenters. The Morgan fingerprint density at radius 1 is 1.35 bits per heavy atom. The van der Waals surface area contributed by atoms with Crippen molar-refractivity contribution in [2.24, 2.45) is 0 Å². The number of anilines is 1. The van der Waals surface area contributed by atoms with Crippen LogP contribution in [0.5, 0.6) is 5.75 Å². The lowest BCUT2D eigenvalue weighted by molar-refractivity contribution is -0.384. The van der Waals surface area contributed by atoms with Gasteiger partial charge in [-0.3, -0.25) is 10.1 Å². The molecule has 0 atom stereocenters. The number of hydrogen-bond acceptors (Lipinski definition) is 5. The van der Waals surface area contributed by atoms with E-state index >= 15 is 0 Å². The normalized spacial score (nSPS) is 14.3. The third-order valence-corrected chi connectivity index (χ3v) is 2.94. The first-order chi connectivity index (χ1) is 9.54. The second-order valence-electron chi connectivity index (χ2n) is 5.29. The van der Waals surface area contributed by atoms with Crippen LogP contribution < -0.4 is 15.4 Å². The van der Waals surface area contributed by atoms with E-state index in [-0.39, 0.29) is 11.8 Å². The second-order valence-corrected chi connectivity index (χ2v) is 5.29. The number of nitrogens with one attached hydrogen (secondary N) is 2. The number of benzene rings is 1. The molecule has 6 heteroatoms. The molecular formula is C14H21N3O3.